The van der Waals surface area contributed by atoms with Gasteiger partial charge in [-0.1, -0.05) is 36.4 Å². The second kappa shape index (κ2) is 17.3. The Kier molecular flexibility index (Phi) is 11.4. The van der Waals surface area contributed by atoms with E-state index in [1.807, 2.05) is 91.5 Å². The zero-order chi connectivity index (χ0) is 41.8. The van der Waals surface area contributed by atoms with Crippen LogP contribution in [0.25, 0.3) is 45.1 Å². The Balaban J connectivity index is 1.09. The number of anilines is 2. The van der Waals surface area contributed by atoms with Gasteiger partial charge in [-0.3, -0.25) is 0 Å². The Morgan fingerprint density at radius 1 is 0.567 bits per heavy atom. The number of ether oxygens (including phenoxy) is 4. The zero-order valence-corrected chi connectivity index (χ0v) is 34.8. The molecule has 8 rings (SSSR count). The van der Waals surface area contributed by atoms with Gasteiger partial charge in [-0.25, -0.2) is 29.9 Å². The summed E-state index contributed by atoms with van der Waals surface area (Å²) < 4.78 is 26.5. The van der Waals surface area contributed by atoms with Crippen LogP contribution in [-0.2, 0) is 19.5 Å². The van der Waals surface area contributed by atoms with Gasteiger partial charge in [-0.05, 0) is 98.5 Å². The number of fused-ring (bicyclic) bond motifs is 2. The van der Waals surface area contributed by atoms with E-state index in [9.17, 15) is 0 Å². The zero-order valence-electron chi connectivity index (χ0n) is 34.8. The van der Waals surface area contributed by atoms with Crippen molar-refractivity contribution in [1.29, 1.82) is 0 Å². The molecule has 1 atom stereocenters. The summed E-state index contributed by atoms with van der Waals surface area (Å²) in [6.07, 6.45) is 4.31. The largest absolute Gasteiger partial charge is 0.497 e. The first-order valence-electron chi connectivity index (χ1n) is 19.8. The van der Waals surface area contributed by atoms with E-state index in [1.165, 1.54) is 0 Å². The summed E-state index contributed by atoms with van der Waals surface area (Å²) in [4.78, 5) is 29.6. The van der Waals surface area contributed by atoms with Crippen molar-refractivity contribution >= 4 is 34.0 Å². The van der Waals surface area contributed by atoms with Crippen molar-refractivity contribution in [2.24, 2.45) is 0 Å². The Morgan fingerprint density at radius 2 is 1.13 bits per heavy atom. The minimum absolute atomic E-state index is 0.0509. The first-order valence-corrected chi connectivity index (χ1v) is 19.8. The molecule has 4 aromatic heterocycles. The summed E-state index contributed by atoms with van der Waals surface area (Å²) >= 11 is 0. The molecule has 0 aliphatic heterocycles. The van der Waals surface area contributed by atoms with Crippen LogP contribution >= 0.6 is 0 Å². The Bertz CT molecular complexity index is 2750. The number of methoxy groups -OCH3 is 4. The molecule has 4 aromatic carbocycles. The fourth-order valence-electron chi connectivity index (χ4n) is 7.23. The molecular weight excluding hydrogens is 757 g/mol. The third kappa shape index (κ3) is 8.08. The number of rotatable bonds is 16. The minimum atomic E-state index is -0.0509. The first kappa shape index (κ1) is 39.6. The number of hydrogen-bond donors (Lipinski definition) is 2. The van der Waals surface area contributed by atoms with E-state index in [0.717, 1.165) is 56.4 Å². The lowest BCUT2D eigenvalue weighted by Crippen LogP contribution is -2.11. The number of imidazole rings is 2. The quantitative estimate of drug-likeness (QED) is 0.0961. The predicted molar refractivity (Wildman–Crippen MR) is 234 cm³/mol. The molecule has 4 heterocycles. The van der Waals surface area contributed by atoms with E-state index in [2.05, 4.69) is 52.7 Å². The Morgan fingerprint density at radius 3 is 1.78 bits per heavy atom. The topological polar surface area (TPSA) is 148 Å². The van der Waals surface area contributed by atoms with Gasteiger partial charge in [-0.15, -0.1) is 0 Å². The van der Waals surface area contributed by atoms with Crippen LogP contribution in [-0.4, -0.2) is 67.5 Å². The maximum Gasteiger partial charge on any atom is 0.167 e. The molecule has 0 aliphatic carbocycles. The van der Waals surface area contributed by atoms with Crippen molar-refractivity contribution in [2.75, 3.05) is 39.1 Å². The predicted octanol–water partition coefficient (Wildman–Crippen LogP) is 8.94. The number of aromatic nitrogens is 8. The van der Waals surface area contributed by atoms with Crippen LogP contribution in [0.2, 0.25) is 0 Å². The van der Waals surface area contributed by atoms with E-state index in [-0.39, 0.29) is 12.1 Å². The number of nitrogens with zero attached hydrogens (tertiary/aromatic N) is 8. The average Bonchev–Trinajstić information content (AvgIpc) is 3.93. The summed E-state index contributed by atoms with van der Waals surface area (Å²) in [6.45, 7) is 7.41. The van der Waals surface area contributed by atoms with Crippen LogP contribution in [0.4, 0.5) is 11.6 Å². The van der Waals surface area contributed by atoms with E-state index >= 15 is 0 Å². The highest BCUT2D eigenvalue weighted by molar-refractivity contribution is 5.86. The van der Waals surface area contributed by atoms with Crippen molar-refractivity contribution in [2.45, 2.75) is 52.4 Å². The van der Waals surface area contributed by atoms with Gasteiger partial charge in [0, 0.05) is 30.7 Å². The van der Waals surface area contributed by atoms with Crippen molar-refractivity contribution < 1.29 is 18.9 Å². The van der Waals surface area contributed by atoms with Crippen molar-refractivity contribution in [3.05, 3.63) is 120 Å². The molecule has 306 valence electrons. The number of benzene rings is 4. The van der Waals surface area contributed by atoms with Crippen LogP contribution in [0.3, 0.4) is 0 Å². The second-order valence-corrected chi connectivity index (χ2v) is 14.7. The molecule has 0 saturated carbocycles. The molecule has 8 aromatic rings. The van der Waals surface area contributed by atoms with Gasteiger partial charge < -0.3 is 38.7 Å². The number of para-hydroxylation sites is 1. The second-order valence-electron chi connectivity index (χ2n) is 14.7. The highest BCUT2D eigenvalue weighted by atomic mass is 16.5. The van der Waals surface area contributed by atoms with Gasteiger partial charge in [0.15, 0.2) is 34.6 Å². The van der Waals surface area contributed by atoms with Crippen LogP contribution in [0, 0.1) is 0 Å². The lowest BCUT2D eigenvalue weighted by molar-refractivity contribution is 0.405. The SMILES string of the molecule is COc1ccc(CNc2nc(-c3ccc(OC)cc3)nc3c2ncn3C(C)Cc2cc(CNc3nc(-c4ccccc4OC)nc4c3ncn4C(C)C)ccc2OC)cc1. The fourth-order valence-corrected chi connectivity index (χ4v) is 7.23. The molecule has 2 N–H and O–H groups in total. The normalized spacial score (nSPS) is 11.9. The molecule has 0 radical (unpaired) electrons. The minimum Gasteiger partial charge on any atom is -0.497 e. The molecule has 0 bridgehead atoms. The van der Waals surface area contributed by atoms with Gasteiger partial charge in [0.05, 0.1) is 46.7 Å². The summed E-state index contributed by atoms with van der Waals surface area (Å²) in [5.74, 6) is 5.46. The third-order valence-corrected chi connectivity index (χ3v) is 10.5. The standard InChI is InChI=1S/C46H48N10O4/c1-28(2)55-26-49-39-44(52-42(54-45(39)55)36-10-8-9-11-38(36)60-7)48-25-31-14-21-37(59-6)33(23-31)22-29(3)56-27-50-40-43(47-24-30-12-17-34(57-4)18-13-30)51-41(53-46(40)56)32-15-19-35(58-5)20-16-32/h8-21,23,26-29H,22,24-25H2,1-7H3,(H,47,51,53)(H,48,52,54). The van der Waals surface area contributed by atoms with Crippen molar-refractivity contribution in [1.82, 2.24) is 39.0 Å². The number of hydrogen-bond acceptors (Lipinski definition) is 12. The molecule has 14 heteroatoms. The third-order valence-electron chi connectivity index (χ3n) is 10.5. The first-order chi connectivity index (χ1) is 29.3. The molecular formula is C46H48N10O4. The van der Waals surface area contributed by atoms with Crippen molar-refractivity contribution in [3.63, 3.8) is 0 Å². The Labute approximate surface area is 348 Å². The van der Waals surface area contributed by atoms with Gasteiger partial charge in [-0.2, -0.15) is 0 Å². The molecule has 0 aliphatic rings. The summed E-state index contributed by atoms with van der Waals surface area (Å²) in [5, 5.41) is 7.10. The molecule has 0 spiro atoms. The van der Waals surface area contributed by atoms with Crippen LogP contribution in [0.5, 0.6) is 23.0 Å². The van der Waals surface area contributed by atoms with E-state index < -0.39 is 0 Å². The summed E-state index contributed by atoms with van der Waals surface area (Å²) in [6, 6.07) is 29.8. The summed E-state index contributed by atoms with van der Waals surface area (Å²) in [7, 11) is 6.66. The maximum absolute atomic E-state index is 5.90. The van der Waals surface area contributed by atoms with Gasteiger partial charge >= 0.3 is 0 Å². The lowest BCUT2D eigenvalue weighted by atomic mass is 10.0. The van der Waals surface area contributed by atoms with Crippen LogP contribution in [0.15, 0.2) is 104 Å². The van der Waals surface area contributed by atoms with Crippen LogP contribution in [0.1, 0.15) is 49.5 Å². The fraction of sp³-hybridized carbons (Fsp3) is 0.261. The van der Waals surface area contributed by atoms with E-state index in [4.69, 9.17) is 48.9 Å². The van der Waals surface area contributed by atoms with Crippen molar-refractivity contribution in [3.8, 4) is 45.8 Å². The molecule has 1 unspecified atom stereocenters. The Hall–Kier alpha value is -7.22. The highest BCUT2D eigenvalue weighted by Gasteiger charge is 2.21. The maximum atomic E-state index is 5.90. The molecule has 60 heavy (non-hydrogen) atoms. The summed E-state index contributed by atoms with van der Waals surface area (Å²) in [5.41, 5.74) is 7.68. The molecule has 0 saturated heterocycles. The van der Waals surface area contributed by atoms with E-state index in [1.54, 1.807) is 28.4 Å². The van der Waals surface area contributed by atoms with Crippen LogP contribution < -0.4 is 29.6 Å². The highest BCUT2D eigenvalue weighted by Crippen LogP contribution is 2.33. The smallest absolute Gasteiger partial charge is 0.167 e. The molecule has 14 nitrogen and oxygen atoms in total. The van der Waals surface area contributed by atoms with Gasteiger partial charge in [0.25, 0.3) is 0 Å². The van der Waals surface area contributed by atoms with Gasteiger partial charge in [0.1, 0.15) is 34.0 Å². The molecule has 0 amide bonds. The number of nitrogens with one attached hydrogen (secondary N) is 2. The van der Waals surface area contributed by atoms with Gasteiger partial charge in [0.2, 0.25) is 0 Å². The van der Waals surface area contributed by atoms with E-state index in [0.29, 0.717) is 59.6 Å². The lowest BCUT2D eigenvalue weighted by Gasteiger charge is -2.18. The monoisotopic (exact) mass is 804 g/mol. The average molecular weight is 805 g/mol. The molecule has 0 fully saturated rings.